The standard InChI is InChI=1S/C80H102N2Si4/c1-83(2,3)67-50-65(51-68(54-67)84(4,5)6)81(64-45-61(57-32-20-14-21-33-57)44-62(46-64)58-34-22-15-23-35-58)78-71-38-26-27-39-72(71)79(74-47-60(40-41-73(74)78)56-30-18-13-19-31-56)82(66-52-69(85(7,8)9)55-70(53-66)86(10,11)12)76-49-63(59-36-24-16-25-37-59)48-75-77(76)80(75)42-28-17-29-43-80/h13,18-19,26-27,30-31,38-41,44-55,57-59H,14-17,20-25,28-29,32-37,42-43H2,1-12H3. The van der Waals surface area contributed by atoms with Crippen LogP contribution in [0.15, 0.2) is 140 Å². The van der Waals surface area contributed by atoms with E-state index >= 15 is 0 Å². The predicted molar refractivity (Wildman–Crippen MR) is 390 cm³/mol. The van der Waals surface area contributed by atoms with E-state index < -0.39 is 32.3 Å². The van der Waals surface area contributed by atoms with Gasteiger partial charge in [-0.1, -0.05) is 267 Å². The lowest BCUT2D eigenvalue weighted by atomic mass is 9.79. The fourth-order valence-electron chi connectivity index (χ4n) is 16.5. The molecule has 8 aromatic rings. The molecular formula is C80H102N2Si4. The summed E-state index contributed by atoms with van der Waals surface area (Å²) in [6.07, 6.45) is 26.4. The molecular weight excluding hydrogens is 1100 g/mol. The van der Waals surface area contributed by atoms with Gasteiger partial charge in [0, 0.05) is 44.0 Å². The number of rotatable bonds is 14. The zero-order chi connectivity index (χ0) is 59.9. The monoisotopic (exact) mass is 1200 g/mol. The van der Waals surface area contributed by atoms with Crippen molar-refractivity contribution in [1.29, 1.82) is 0 Å². The third-order valence-corrected chi connectivity index (χ3v) is 29.9. The largest absolute Gasteiger partial charge is 0.309 e. The number of anilines is 6. The van der Waals surface area contributed by atoms with Gasteiger partial charge in [0.2, 0.25) is 0 Å². The summed E-state index contributed by atoms with van der Waals surface area (Å²) < 4.78 is 0. The molecule has 0 aromatic heterocycles. The Labute approximate surface area is 523 Å². The first-order valence-electron chi connectivity index (χ1n) is 34.4. The maximum Gasteiger partial charge on any atom is 0.0776 e. The minimum atomic E-state index is -1.84. The molecule has 13 rings (SSSR count). The average Bonchev–Trinajstić information content (AvgIpc) is 1.48. The molecule has 0 aliphatic heterocycles. The lowest BCUT2D eigenvalue weighted by molar-refractivity contribution is 0.405. The van der Waals surface area contributed by atoms with Crippen molar-refractivity contribution in [1.82, 2.24) is 0 Å². The van der Waals surface area contributed by atoms with Gasteiger partial charge in [-0.3, -0.25) is 0 Å². The fraction of sp³-hybridized carbons (Fsp3) is 0.450. The highest BCUT2D eigenvalue weighted by Gasteiger charge is 2.54. The molecule has 86 heavy (non-hydrogen) atoms. The summed E-state index contributed by atoms with van der Waals surface area (Å²) in [5.41, 5.74) is 19.0. The van der Waals surface area contributed by atoms with Crippen LogP contribution in [0.5, 0.6) is 0 Å². The summed E-state index contributed by atoms with van der Waals surface area (Å²) >= 11 is 0. The lowest BCUT2D eigenvalue weighted by Gasteiger charge is -2.36. The minimum Gasteiger partial charge on any atom is -0.309 e. The van der Waals surface area contributed by atoms with E-state index in [0.717, 1.165) is 0 Å². The van der Waals surface area contributed by atoms with E-state index in [2.05, 4.69) is 228 Å². The number of fused-ring (bicyclic) bond motifs is 5. The van der Waals surface area contributed by atoms with Crippen LogP contribution in [-0.4, -0.2) is 32.3 Å². The third kappa shape index (κ3) is 11.6. The molecule has 5 aliphatic carbocycles. The van der Waals surface area contributed by atoms with Gasteiger partial charge in [-0.2, -0.15) is 0 Å². The molecule has 1 spiro atoms. The second-order valence-corrected chi connectivity index (χ2v) is 52.4. The Morgan fingerprint density at radius 3 is 1.19 bits per heavy atom. The predicted octanol–water partition coefficient (Wildman–Crippen LogP) is 22.5. The molecule has 448 valence electrons. The van der Waals surface area contributed by atoms with Crippen LogP contribution in [0, 0.1) is 0 Å². The van der Waals surface area contributed by atoms with Gasteiger partial charge in [-0.15, -0.1) is 0 Å². The van der Waals surface area contributed by atoms with Crippen LogP contribution in [0.25, 0.3) is 32.7 Å². The topological polar surface area (TPSA) is 6.48 Å². The summed E-state index contributed by atoms with van der Waals surface area (Å²) in [5, 5.41) is 11.6. The van der Waals surface area contributed by atoms with Crippen molar-refractivity contribution < 1.29 is 0 Å². The van der Waals surface area contributed by atoms with Crippen LogP contribution in [0.3, 0.4) is 0 Å². The molecule has 0 bridgehead atoms. The minimum absolute atomic E-state index is 0.156. The number of nitrogens with zero attached hydrogens (tertiary/aromatic N) is 2. The SMILES string of the molecule is C[Si](C)(C)c1cc(N(c2cc(C3CCCCC3)cc(C3CCCCC3)c2)c2c3ccccc3c(N(c3cc([Si](C)(C)C)cc([Si](C)(C)C)c3)c3cc(C4CCCCC4)cc4c3C43CCCCC3)c3cc(-c4ccccc4)ccc23)cc([Si](C)(C)C)c1. The fourth-order valence-corrected chi connectivity index (χ4v) is 21.5. The smallest absolute Gasteiger partial charge is 0.0776 e. The van der Waals surface area contributed by atoms with Gasteiger partial charge in [-0.05, 0) is 157 Å². The van der Waals surface area contributed by atoms with Gasteiger partial charge in [-0.25, -0.2) is 0 Å². The Kier molecular flexibility index (Phi) is 16.2. The average molecular weight is 1200 g/mol. The Balaban J connectivity index is 1.19. The Hall–Kier alpha value is -5.25. The van der Waals surface area contributed by atoms with Crippen LogP contribution in [-0.2, 0) is 5.41 Å². The summed E-state index contributed by atoms with van der Waals surface area (Å²) in [5.74, 6) is 1.79. The van der Waals surface area contributed by atoms with Gasteiger partial charge < -0.3 is 9.80 Å². The van der Waals surface area contributed by atoms with E-state index in [0.29, 0.717) is 17.8 Å². The lowest BCUT2D eigenvalue weighted by Crippen LogP contribution is -2.45. The van der Waals surface area contributed by atoms with Gasteiger partial charge >= 0.3 is 0 Å². The number of benzene rings is 8. The first-order chi connectivity index (χ1) is 41.1. The van der Waals surface area contributed by atoms with Crippen LogP contribution in [0.1, 0.15) is 174 Å². The molecule has 2 nitrogen and oxygen atoms in total. The zero-order valence-electron chi connectivity index (χ0n) is 55.0. The first-order valence-corrected chi connectivity index (χ1v) is 48.4. The van der Waals surface area contributed by atoms with Crippen LogP contribution in [0.4, 0.5) is 34.1 Å². The highest BCUT2D eigenvalue weighted by Crippen LogP contribution is 2.65. The molecule has 8 aromatic carbocycles. The van der Waals surface area contributed by atoms with Crippen molar-refractivity contribution in [3.8, 4) is 11.1 Å². The van der Waals surface area contributed by atoms with Crippen LogP contribution >= 0.6 is 0 Å². The summed E-state index contributed by atoms with van der Waals surface area (Å²) in [4.78, 5) is 5.81. The van der Waals surface area contributed by atoms with E-state index in [1.807, 2.05) is 0 Å². The Morgan fingerprint density at radius 1 is 0.326 bits per heavy atom. The maximum atomic E-state index is 2.94. The highest BCUT2D eigenvalue weighted by atomic mass is 28.3. The molecule has 0 amide bonds. The molecule has 0 unspecified atom stereocenters. The molecule has 6 heteroatoms. The Bertz CT molecular complexity index is 3700. The van der Waals surface area contributed by atoms with Gasteiger partial charge in [0.05, 0.1) is 49.4 Å². The molecule has 5 aliphatic rings. The number of hydrogen-bond acceptors (Lipinski definition) is 2. The zero-order valence-corrected chi connectivity index (χ0v) is 59.0. The maximum absolute atomic E-state index is 2.94. The van der Waals surface area contributed by atoms with Crippen LogP contribution < -0.4 is 30.5 Å². The summed E-state index contributed by atoms with van der Waals surface area (Å²) in [6, 6.07) is 58.7. The van der Waals surface area contributed by atoms with Gasteiger partial charge in [0.15, 0.2) is 0 Å². The first kappa shape index (κ1) is 59.7. The highest BCUT2D eigenvalue weighted by molar-refractivity contribution is 6.92. The quantitative estimate of drug-likeness (QED) is 0.0608. The molecule has 0 saturated heterocycles. The van der Waals surface area contributed by atoms with Gasteiger partial charge in [0.1, 0.15) is 0 Å². The number of hydrogen-bond donors (Lipinski definition) is 0. The molecule has 0 radical (unpaired) electrons. The Morgan fingerprint density at radius 2 is 0.721 bits per heavy atom. The van der Waals surface area contributed by atoms with Crippen LogP contribution in [0.2, 0.25) is 78.6 Å². The second-order valence-electron chi connectivity index (χ2n) is 32.0. The summed E-state index contributed by atoms with van der Waals surface area (Å²) in [7, 11) is -7.32. The van der Waals surface area contributed by atoms with Crippen molar-refractivity contribution in [3.05, 3.63) is 167 Å². The molecule has 4 fully saturated rings. The third-order valence-electron chi connectivity index (χ3n) is 21.8. The van der Waals surface area contributed by atoms with Crippen molar-refractivity contribution in [3.63, 3.8) is 0 Å². The van der Waals surface area contributed by atoms with Crippen molar-refractivity contribution in [2.75, 3.05) is 9.80 Å². The van der Waals surface area contributed by atoms with Crippen molar-refractivity contribution in [2.24, 2.45) is 0 Å². The van der Waals surface area contributed by atoms with Gasteiger partial charge in [0.25, 0.3) is 0 Å². The normalized spacial score (nSPS) is 18.2. The van der Waals surface area contributed by atoms with E-state index in [1.165, 1.54) is 195 Å². The van der Waals surface area contributed by atoms with E-state index in [1.54, 1.807) is 48.6 Å². The van der Waals surface area contributed by atoms with E-state index in [4.69, 9.17) is 0 Å². The molecule has 4 saturated carbocycles. The van der Waals surface area contributed by atoms with Crippen molar-refractivity contribution >= 4 is 109 Å². The molecule has 0 atom stereocenters. The van der Waals surface area contributed by atoms with E-state index in [9.17, 15) is 0 Å². The second kappa shape index (κ2) is 23.3. The summed E-state index contributed by atoms with van der Waals surface area (Å²) in [6.45, 7) is 31.0. The molecule has 0 N–H and O–H groups in total. The van der Waals surface area contributed by atoms with E-state index in [-0.39, 0.29) is 5.41 Å². The molecule has 0 heterocycles. The van der Waals surface area contributed by atoms with Crippen molar-refractivity contribution in [2.45, 2.75) is 230 Å².